The molecule has 8 heteroatoms. The van der Waals surface area contributed by atoms with Gasteiger partial charge in [0.25, 0.3) is 0 Å². The fraction of sp³-hybridized carbons (Fsp3) is 0.259. The van der Waals surface area contributed by atoms with E-state index in [0.29, 0.717) is 24.4 Å². The molecule has 0 unspecified atom stereocenters. The highest BCUT2D eigenvalue weighted by molar-refractivity contribution is 6.01. The number of hydrogen-bond acceptors (Lipinski definition) is 5. The van der Waals surface area contributed by atoms with Gasteiger partial charge in [-0.15, -0.1) is 5.10 Å². The first-order valence-electron chi connectivity index (χ1n) is 11.5. The molecule has 4 aromatic rings. The molecular weight excluding hydrogens is 442 g/mol. The third-order valence-electron chi connectivity index (χ3n) is 5.88. The number of benzene rings is 3. The first-order chi connectivity index (χ1) is 17.0. The SMILES string of the molecule is COCCNC(=O)[C@@H](c1ccccc1C)N(C(=O)Cn1nnc2ccccc21)c1ccc(C)cc1. The number of nitrogens with one attached hydrogen (secondary N) is 1. The van der Waals surface area contributed by atoms with Crippen LogP contribution in [0.25, 0.3) is 11.0 Å². The summed E-state index contributed by atoms with van der Waals surface area (Å²) in [4.78, 5) is 29.1. The summed E-state index contributed by atoms with van der Waals surface area (Å²) in [5.41, 5.74) is 4.80. The lowest BCUT2D eigenvalue weighted by atomic mass is 9.98. The molecule has 1 atom stereocenters. The van der Waals surface area contributed by atoms with Crippen molar-refractivity contribution in [3.05, 3.63) is 89.5 Å². The van der Waals surface area contributed by atoms with E-state index in [4.69, 9.17) is 4.74 Å². The highest BCUT2D eigenvalue weighted by Crippen LogP contribution is 2.30. The van der Waals surface area contributed by atoms with E-state index in [-0.39, 0.29) is 18.4 Å². The maximum absolute atomic E-state index is 13.9. The Kier molecular flexibility index (Phi) is 7.52. The first-order valence-corrected chi connectivity index (χ1v) is 11.5. The van der Waals surface area contributed by atoms with Crippen LogP contribution in [0.5, 0.6) is 0 Å². The molecule has 0 fully saturated rings. The second kappa shape index (κ2) is 10.9. The summed E-state index contributed by atoms with van der Waals surface area (Å²) >= 11 is 0. The molecule has 180 valence electrons. The van der Waals surface area contributed by atoms with Crippen molar-refractivity contribution in [2.24, 2.45) is 0 Å². The number of aromatic nitrogens is 3. The smallest absolute Gasteiger partial charge is 0.249 e. The number of carbonyl (C=O) groups excluding carboxylic acids is 2. The van der Waals surface area contributed by atoms with E-state index < -0.39 is 6.04 Å². The quantitative estimate of drug-likeness (QED) is 0.377. The molecule has 0 saturated carbocycles. The van der Waals surface area contributed by atoms with Crippen molar-refractivity contribution in [3.63, 3.8) is 0 Å². The van der Waals surface area contributed by atoms with Crippen LogP contribution in [0.4, 0.5) is 5.69 Å². The minimum absolute atomic E-state index is 0.0673. The van der Waals surface area contributed by atoms with Gasteiger partial charge in [-0.1, -0.05) is 59.3 Å². The number of amides is 2. The number of nitrogens with zero attached hydrogens (tertiary/aromatic N) is 4. The summed E-state index contributed by atoms with van der Waals surface area (Å²) in [5, 5.41) is 11.3. The van der Waals surface area contributed by atoms with Gasteiger partial charge in [-0.3, -0.25) is 14.5 Å². The average Bonchev–Trinajstić information content (AvgIpc) is 3.26. The number of fused-ring (bicyclic) bond motifs is 1. The van der Waals surface area contributed by atoms with Gasteiger partial charge in [-0.25, -0.2) is 4.68 Å². The molecule has 0 aliphatic rings. The second-order valence-corrected chi connectivity index (χ2v) is 8.38. The van der Waals surface area contributed by atoms with E-state index in [0.717, 1.165) is 22.2 Å². The van der Waals surface area contributed by atoms with Crippen LogP contribution >= 0.6 is 0 Å². The van der Waals surface area contributed by atoms with Crippen LogP contribution in [0, 0.1) is 13.8 Å². The van der Waals surface area contributed by atoms with Crippen molar-refractivity contribution in [1.82, 2.24) is 20.3 Å². The van der Waals surface area contributed by atoms with E-state index in [1.165, 1.54) is 0 Å². The Morgan fingerprint density at radius 1 is 1.00 bits per heavy atom. The van der Waals surface area contributed by atoms with E-state index in [9.17, 15) is 9.59 Å². The second-order valence-electron chi connectivity index (χ2n) is 8.38. The maximum atomic E-state index is 13.9. The highest BCUT2D eigenvalue weighted by atomic mass is 16.5. The Bertz CT molecular complexity index is 1320. The third-order valence-corrected chi connectivity index (χ3v) is 5.88. The van der Waals surface area contributed by atoms with E-state index in [1.54, 1.807) is 16.7 Å². The summed E-state index contributed by atoms with van der Waals surface area (Å²) in [7, 11) is 1.58. The molecule has 0 spiro atoms. The zero-order valence-corrected chi connectivity index (χ0v) is 20.1. The largest absolute Gasteiger partial charge is 0.383 e. The Morgan fingerprint density at radius 2 is 1.71 bits per heavy atom. The summed E-state index contributed by atoms with van der Waals surface area (Å²) < 4.78 is 6.67. The van der Waals surface area contributed by atoms with Gasteiger partial charge in [0.15, 0.2) is 0 Å². The lowest BCUT2D eigenvalue weighted by Crippen LogP contribution is -2.46. The van der Waals surface area contributed by atoms with Crippen LogP contribution in [0.15, 0.2) is 72.8 Å². The van der Waals surface area contributed by atoms with Crippen LogP contribution in [0.1, 0.15) is 22.7 Å². The molecule has 1 heterocycles. The van der Waals surface area contributed by atoms with Crippen LogP contribution in [0.2, 0.25) is 0 Å². The molecule has 4 rings (SSSR count). The van der Waals surface area contributed by atoms with Crippen LogP contribution in [0.3, 0.4) is 0 Å². The van der Waals surface area contributed by atoms with Gasteiger partial charge in [0.1, 0.15) is 18.1 Å². The number of rotatable bonds is 9. The number of methoxy groups -OCH3 is 1. The summed E-state index contributed by atoms with van der Waals surface area (Å²) in [5.74, 6) is -0.562. The van der Waals surface area contributed by atoms with E-state index >= 15 is 0 Å². The first kappa shape index (κ1) is 24.1. The highest BCUT2D eigenvalue weighted by Gasteiger charge is 2.34. The summed E-state index contributed by atoms with van der Waals surface area (Å²) in [6, 6.07) is 21.8. The molecule has 3 aromatic carbocycles. The van der Waals surface area contributed by atoms with E-state index in [2.05, 4.69) is 15.6 Å². The normalized spacial score (nSPS) is 11.9. The minimum atomic E-state index is -0.877. The van der Waals surface area contributed by atoms with Crippen molar-refractivity contribution in [2.45, 2.75) is 26.4 Å². The van der Waals surface area contributed by atoms with E-state index in [1.807, 2.05) is 86.6 Å². The molecule has 35 heavy (non-hydrogen) atoms. The molecule has 0 saturated heterocycles. The molecule has 0 aliphatic carbocycles. The standard InChI is InChI=1S/C27H29N5O3/c1-19-12-14-21(15-13-19)32(25(33)18-31-24-11-7-6-10-23(24)29-30-31)26(27(34)28-16-17-35-3)22-9-5-4-8-20(22)2/h4-15,26H,16-18H2,1-3H3,(H,28,34)/t26-/m1/s1. The fourth-order valence-electron chi connectivity index (χ4n) is 4.04. The van der Waals surface area contributed by atoms with Crippen LogP contribution < -0.4 is 10.2 Å². The number of hydrogen-bond donors (Lipinski definition) is 1. The maximum Gasteiger partial charge on any atom is 0.249 e. The Hall–Kier alpha value is -4.04. The Morgan fingerprint density at radius 3 is 2.46 bits per heavy atom. The lowest BCUT2D eigenvalue weighted by Gasteiger charge is -2.32. The van der Waals surface area contributed by atoms with Gasteiger partial charge in [0, 0.05) is 19.3 Å². The van der Waals surface area contributed by atoms with Crippen molar-refractivity contribution < 1.29 is 14.3 Å². The zero-order chi connectivity index (χ0) is 24.8. The number of carbonyl (C=O) groups is 2. The van der Waals surface area contributed by atoms with Crippen LogP contribution in [-0.2, 0) is 20.9 Å². The molecule has 0 bridgehead atoms. The molecule has 8 nitrogen and oxygen atoms in total. The molecule has 1 aromatic heterocycles. The van der Waals surface area contributed by atoms with Gasteiger partial charge >= 0.3 is 0 Å². The summed E-state index contributed by atoms with van der Waals surface area (Å²) in [6.45, 7) is 4.56. The Balaban J connectivity index is 1.78. The molecular formula is C27H29N5O3. The van der Waals surface area contributed by atoms with Gasteiger partial charge in [0.05, 0.1) is 12.1 Å². The molecule has 0 aliphatic heterocycles. The predicted octanol–water partition coefficient (Wildman–Crippen LogP) is 3.59. The lowest BCUT2D eigenvalue weighted by molar-refractivity contribution is -0.127. The predicted molar refractivity (Wildman–Crippen MR) is 135 cm³/mol. The fourth-order valence-corrected chi connectivity index (χ4v) is 4.04. The van der Waals surface area contributed by atoms with Crippen LogP contribution in [-0.4, -0.2) is 47.1 Å². The van der Waals surface area contributed by atoms with Gasteiger partial charge in [0.2, 0.25) is 11.8 Å². The van der Waals surface area contributed by atoms with Crippen molar-refractivity contribution >= 4 is 28.5 Å². The number of aryl methyl sites for hydroxylation is 2. The number of para-hydroxylation sites is 1. The number of anilines is 1. The molecule has 0 radical (unpaired) electrons. The Labute approximate surface area is 204 Å². The third kappa shape index (κ3) is 5.38. The topological polar surface area (TPSA) is 89.4 Å². The monoisotopic (exact) mass is 471 g/mol. The minimum Gasteiger partial charge on any atom is -0.383 e. The van der Waals surface area contributed by atoms with Gasteiger partial charge in [-0.2, -0.15) is 0 Å². The van der Waals surface area contributed by atoms with Crippen molar-refractivity contribution in [1.29, 1.82) is 0 Å². The summed E-state index contributed by atoms with van der Waals surface area (Å²) in [6.07, 6.45) is 0. The van der Waals surface area contributed by atoms with Crippen molar-refractivity contribution in [3.8, 4) is 0 Å². The molecule has 1 N–H and O–H groups in total. The average molecular weight is 472 g/mol. The van der Waals surface area contributed by atoms with Crippen molar-refractivity contribution in [2.75, 3.05) is 25.2 Å². The van der Waals surface area contributed by atoms with Gasteiger partial charge in [-0.05, 0) is 49.2 Å². The molecule has 2 amide bonds. The van der Waals surface area contributed by atoms with Gasteiger partial charge < -0.3 is 10.1 Å². The number of ether oxygens (including phenoxy) is 1. The zero-order valence-electron chi connectivity index (χ0n) is 20.1.